The lowest BCUT2D eigenvalue weighted by Gasteiger charge is -2.13. The summed E-state index contributed by atoms with van der Waals surface area (Å²) in [5.41, 5.74) is 1.43. The van der Waals surface area contributed by atoms with Crippen LogP contribution in [0, 0.1) is 6.92 Å². The Bertz CT molecular complexity index is 605. The van der Waals surface area contributed by atoms with E-state index in [1.807, 2.05) is 37.3 Å². The highest BCUT2D eigenvalue weighted by atomic mass is 19.3. The monoisotopic (exact) mass is 334 g/mol. The van der Waals surface area contributed by atoms with Crippen molar-refractivity contribution >= 4 is 0 Å². The molecular formula is C20H28F2N2. The average molecular weight is 334 g/mol. The van der Waals surface area contributed by atoms with Gasteiger partial charge in [0.05, 0.1) is 5.69 Å². The molecule has 0 bridgehead atoms. The third-order valence-electron chi connectivity index (χ3n) is 4.36. The van der Waals surface area contributed by atoms with Gasteiger partial charge in [-0.25, -0.2) is 4.68 Å². The molecule has 0 aliphatic carbocycles. The van der Waals surface area contributed by atoms with Crippen LogP contribution in [0.15, 0.2) is 36.4 Å². The molecule has 0 saturated heterocycles. The lowest BCUT2D eigenvalue weighted by Crippen LogP contribution is -2.14. The molecule has 0 N–H and O–H groups in total. The minimum atomic E-state index is -2.85. The predicted octanol–water partition coefficient (Wildman–Crippen LogP) is 6.41. The number of halogens is 2. The van der Waals surface area contributed by atoms with E-state index in [0.29, 0.717) is 6.42 Å². The standard InChI is InChI=1S/C20H28F2N2/c1-3-4-5-6-7-8-12-15-20(21,22)19-16-17(2)24(23-19)18-13-10-9-11-14-18/h9-11,13-14,16H,3-8,12,15H2,1-2H3. The zero-order valence-corrected chi connectivity index (χ0v) is 14.8. The van der Waals surface area contributed by atoms with Crippen molar-refractivity contribution in [2.45, 2.75) is 71.1 Å². The highest BCUT2D eigenvalue weighted by molar-refractivity contribution is 5.33. The Labute approximate surface area is 143 Å². The van der Waals surface area contributed by atoms with E-state index in [-0.39, 0.29) is 12.1 Å². The average Bonchev–Trinajstić information content (AvgIpc) is 2.97. The van der Waals surface area contributed by atoms with Gasteiger partial charge in [-0.15, -0.1) is 0 Å². The molecule has 2 rings (SSSR count). The van der Waals surface area contributed by atoms with Gasteiger partial charge in [0.15, 0.2) is 0 Å². The van der Waals surface area contributed by atoms with Crippen LogP contribution in [0.25, 0.3) is 5.69 Å². The molecule has 0 aliphatic heterocycles. The van der Waals surface area contributed by atoms with E-state index in [9.17, 15) is 8.78 Å². The molecule has 1 heterocycles. The van der Waals surface area contributed by atoms with Crippen LogP contribution in [0.2, 0.25) is 0 Å². The van der Waals surface area contributed by atoms with Gasteiger partial charge in [-0.05, 0) is 31.5 Å². The Morgan fingerprint density at radius 1 is 0.958 bits per heavy atom. The van der Waals surface area contributed by atoms with Crippen molar-refractivity contribution in [1.82, 2.24) is 9.78 Å². The third-order valence-corrected chi connectivity index (χ3v) is 4.36. The number of unbranched alkanes of at least 4 members (excludes halogenated alkanes) is 6. The minimum absolute atomic E-state index is 0.116. The van der Waals surface area contributed by atoms with E-state index in [2.05, 4.69) is 12.0 Å². The van der Waals surface area contributed by atoms with Crippen molar-refractivity contribution in [2.75, 3.05) is 0 Å². The summed E-state index contributed by atoms with van der Waals surface area (Å²) in [7, 11) is 0. The number of aromatic nitrogens is 2. The van der Waals surface area contributed by atoms with Gasteiger partial charge in [-0.1, -0.05) is 63.6 Å². The molecule has 0 atom stereocenters. The number of alkyl halides is 2. The van der Waals surface area contributed by atoms with Gasteiger partial charge in [0.1, 0.15) is 5.69 Å². The fraction of sp³-hybridized carbons (Fsp3) is 0.550. The normalized spacial score (nSPS) is 11.8. The van der Waals surface area contributed by atoms with E-state index in [1.54, 1.807) is 4.68 Å². The first-order valence-electron chi connectivity index (χ1n) is 9.05. The Morgan fingerprint density at radius 3 is 2.25 bits per heavy atom. The predicted molar refractivity (Wildman–Crippen MR) is 94.8 cm³/mol. The number of aryl methyl sites for hydroxylation is 1. The quantitative estimate of drug-likeness (QED) is 0.459. The van der Waals surface area contributed by atoms with E-state index in [0.717, 1.165) is 30.6 Å². The molecule has 0 unspecified atom stereocenters. The number of hydrogen-bond donors (Lipinski definition) is 0. The van der Waals surface area contributed by atoms with E-state index in [4.69, 9.17) is 0 Å². The zero-order valence-electron chi connectivity index (χ0n) is 14.8. The van der Waals surface area contributed by atoms with Gasteiger partial charge in [-0.3, -0.25) is 0 Å². The van der Waals surface area contributed by atoms with Gasteiger partial charge >= 0.3 is 0 Å². The summed E-state index contributed by atoms with van der Waals surface area (Å²) < 4.78 is 30.4. The Hall–Kier alpha value is -1.71. The zero-order chi connectivity index (χ0) is 17.4. The van der Waals surface area contributed by atoms with Gasteiger partial charge in [0, 0.05) is 12.1 Å². The minimum Gasteiger partial charge on any atom is -0.238 e. The maximum Gasteiger partial charge on any atom is 0.291 e. The summed E-state index contributed by atoms with van der Waals surface area (Å²) >= 11 is 0. The molecule has 0 aliphatic rings. The van der Waals surface area contributed by atoms with Gasteiger partial charge in [0.2, 0.25) is 0 Å². The van der Waals surface area contributed by atoms with Crippen molar-refractivity contribution in [3.63, 3.8) is 0 Å². The summed E-state index contributed by atoms with van der Waals surface area (Å²) in [6.45, 7) is 3.99. The van der Waals surface area contributed by atoms with Crippen LogP contribution in [0.5, 0.6) is 0 Å². The lowest BCUT2D eigenvalue weighted by atomic mass is 10.0. The molecular weight excluding hydrogens is 306 g/mol. The van der Waals surface area contributed by atoms with Crippen LogP contribution in [0.3, 0.4) is 0 Å². The number of nitrogens with zero attached hydrogens (tertiary/aromatic N) is 2. The largest absolute Gasteiger partial charge is 0.291 e. The molecule has 0 radical (unpaired) electrons. The summed E-state index contributed by atoms with van der Waals surface area (Å²) in [5.74, 6) is -2.85. The maximum atomic E-state index is 14.4. The molecule has 2 nitrogen and oxygen atoms in total. The molecule has 24 heavy (non-hydrogen) atoms. The van der Waals surface area contributed by atoms with Crippen molar-refractivity contribution in [1.29, 1.82) is 0 Å². The van der Waals surface area contributed by atoms with Crippen LogP contribution < -0.4 is 0 Å². The third kappa shape index (κ3) is 5.15. The molecule has 0 amide bonds. The smallest absolute Gasteiger partial charge is 0.238 e. The SMILES string of the molecule is CCCCCCCCCC(F)(F)c1cc(C)n(-c2ccccc2)n1. The highest BCUT2D eigenvalue weighted by Gasteiger charge is 2.34. The first kappa shape index (κ1) is 18.6. The first-order chi connectivity index (χ1) is 11.5. The Morgan fingerprint density at radius 2 is 1.58 bits per heavy atom. The highest BCUT2D eigenvalue weighted by Crippen LogP contribution is 2.33. The van der Waals surface area contributed by atoms with Crippen molar-refractivity contribution < 1.29 is 8.78 Å². The summed E-state index contributed by atoms with van der Waals surface area (Å²) in [4.78, 5) is 0. The van der Waals surface area contributed by atoms with Crippen molar-refractivity contribution in [3.05, 3.63) is 47.8 Å². The maximum absolute atomic E-state index is 14.4. The second kappa shape index (κ2) is 8.95. The van der Waals surface area contributed by atoms with Crippen molar-refractivity contribution in [2.24, 2.45) is 0 Å². The molecule has 4 heteroatoms. The summed E-state index contributed by atoms with van der Waals surface area (Å²) in [6.07, 6.45) is 7.18. The molecule has 1 aromatic carbocycles. The number of benzene rings is 1. The van der Waals surface area contributed by atoms with Crippen LogP contribution in [0.4, 0.5) is 8.78 Å². The molecule has 132 valence electrons. The second-order valence-corrected chi connectivity index (χ2v) is 6.49. The Kier molecular flexibility index (Phi) is 6.95. The second-order valence-electron chi connectivity index (χ2n) is 6.49. The first-order valence-corrected chi connectivity index (χ1v) is 9.05. The van der Waals surface area contributed by atoms with Crippen LogP contribution in [0.1, 0.15) is 69.7 Å². The summed E-state index contributed by atoms with van der Waals surface area (Å²) in [5, 5.41) is 4.16. The van der Waals surface area contributed by atoms with Gasteiger partial charge < -0.3 is 0 Å². The summed E-state index contributed by atoms with van der Waals surface area (Å²) in [6, 6.07) is 10.9. The topological polar surface area (TPSA) is 17.8 Å². The Balaban J connectivity index is 1.90. The lowest BCUT2D eigenvalue weighted by molar-refractivity contribution is -0.0205. The number of para-hydroxylation sites is 1. The van der Waals surface area contributed by atoms with Crippen LogP contribution in [-0.4, -0.2) is 9.78 Å². The fourth-order valence-electron chi connectivity index (χ4n) is 2.92. The fourth-order valence-corrected chi connectivity index (χ4v) is 2.92. The molecule has 0 fully saturated rings. The van der Waals surface area contributed by atoms with E-state index < -0.39 is 5.92 Å². The number of rotatable bonds is 10. The van der Waals surface area contributed by atoms with E-state index in [1.165, 1.54) is 25.3 Å². The molecule has 2 aromatic rings. The van der Waals surface area contributed by atoms with E-state index >= 15 is 0 Å². The molecule has 0 saturated carbocycles. The molecule has 0 spiro atoms. The van der Waals surface area contributed by atoms with Gasteiger partial charge in [0.25, 0.3) is 5.92 Å². The number of hydrogen-bond acceptors (Lipinski definition) is 1. The van der Waals surface area contributed by atoms with Crippen molar-refractivity contribution in [3.8, 4) is 5.69 Å². The van der Waals surface area contributed by atoms with Crippen LogP contribution >= 0.6 is 0 Å². The van der Waals surface area contributed by atoms with Gasteiger partial charge in [-0.2, -0.15) is 13.9 Å². The van der Waals surface area contributed by atoms with Crippen LogP contribution in [-0.2, 0) is 5.92 Å². The molecule has 1 aromatic heterocycles.